The fourth-order valence-corrected chi connectivity index (χ4v) is 5.68. The number of halogens is 3. The van der Waals surface area contributed by atoms with Crippen LogP contribution in [0, 0.1) is 23.4 Å². The van der Waals surface area contributed by atoms with Crippen molar-refractivity contribution < 1.29 is 21.6 Å². The molecule has 0 amide bonds. The number of benzene rings is 2. The molecule has 6 heteroatoms. The highest BCUT2D eigenvalue weighted by atomic mass is 32.2. The van der Waals surface area contributed by atoms with Crippen molar-refractivity contribution in [2.24, 2.45) is 5.92 Å². The first-order valence-corrected chi connectivity index (χ1v) is 8.73. The molecule has 0 aliphatic heterocycles. The number of hydrogen-bond acceptors (Lipinski definition) is 2. The molecule has 0 radical (unpaired) electrons. The monoisotopic (exact) mass is 340 g/mol. The molecule has 2 aromatic rings. The second kappa shape index (κ2) is 5.37. The minimum Gasteiger partial charge on any atom is -0.223 e. The largest absolute Gasteiger partial charge is 0.223 e. The molecule has 2 unspecified atom stereocenters. The maximum absolute atomic E-state index is 14.3. The van der Waals surface area contributed by atoms with E-state index < -0.39 is 32.0 Å². The van der Waals surface area contributed by atoms with E-state index in [1.165, 1.54) is 0 Å². The predicted molar refractivity (Wildman–Crippen MR) is 80.0 cm³/mol. The third-order valence-electron chi connectivity index (χ3n) is 4.73. The van der Waals surface area contributed by atoms with E-state index in [0.29, 0.717) is 6.42 Å². The Morgan fingerprint density at radius 3 is 2.13 bits per heavy atom. The molecule has 0 bridgehead atoms. The van der Waals surface area contributed by atoms with Gasteiger partial charge >= 0.3 is 0 Å². The molecule has 0 N–H and O–H groups in total. The van der Waals surface area contributed by atoms with Crippen molar-refractivity contribution in [2.45, 2.75) is 29.4 Å². The molecule has 1 aliphatic carbocycles. The van der Waals surface area contributed by atoms with E-state index in [2.05, 4.69) is 0 Å². The van der Waals surface area contributed by atoms with E-state index in [1.807, 2.05) is 0 Å². The van der Waals surface area contributed by atoms with Crippen molar-refractivity contribution in [1.82, 2.24) is 0 Å². The molecule has 23 heavy (non-hydrogen) atoms. The van der Waals surface area contributed by atoms with Crippen LogP contribution in [0.4, 0.5) is 13.2 Å². The Kier molecular flexibility index (Phi) is 3.75. The fourth-order valence-electron chi connectivity index (χ4n) is 3.29. The zero-order valence-corrected chi connectivity index (χ0v) is 13.2. The van der Waals surface area contributed by atoms with Gasteiger partial charge in [0.2, 0.25) is 0 Å². The first-order valence-electron chi connectivity index (χ1n) is 7.25. The summed E-state index contributed by atoms with van der Waals surface area (Å²) in [5, 5.41) is 0. The van der Waals surface area contributed by atoms with Crippen molar-refractivity contribution in [3.63, 3.8) is 0 Å². The average Bonchev–Trinajstić information content (AvgIpc) is 2.50. The smallest absolute Gasteiger partial charge is 0.188 e. The Bertz CT molecular complexity index is 847. The molecular formula is C17H15F3O2S. The predicted octanol–water partition coefficient (Wildman–Crippen LogP) is 4.20. The van der Waals surface area contributed by atoms with Crippen LogP contribution in [0.5, 0.6) is 0 Å². The number of rotatable bonds is 3. The molecule has 1 saturated carbocycles. The van der Waals surface area contributed by atoms with Gasteiger partial charge in [-0.15, -0.1) is 0 Å². The van der Waals surface area contributed by atoms with Gasteiger partial charge in [0.1, 0.15) is 22.2 Å². The summed E-state index contributed by atoms with van der Waals surface area (Å²) >= 11 is 0. The highest BCUT2D eigenvalue weighted by Gasteiger charge is 2.57. The van der Waals surface area contributed by atoms with Crippen molar-refractivity contribution >= 4 is 9.84 Å². The van der Waals surface area contributed by atoms with Gasteiger partial charge in [-0.2, -0.15) is 0 Å². The van der Waals surface area contributed by atoms with Crippen LogP contribution < -0.4 is 0 Å². The summed E-state index contributed by atoms with van der Waals surface area (Å²) < 4.78 is 65.7. The quantitative estimate of drug-likeness (QED) is 0.785. The number of sulfone groups is 1. The van der Waals surface area contributed by atoms with E-state index in [1.54, 1.807) is 6.92 Å². The van der Waals surface area contributed by atoms with Crippen LogP contribution in [-0.4, -0.2) is 8.42 Å². The normalized spacial score (nSPS) is 24.3. The van der Waals surface area contributed by atoms with Gasteiger partial charge in [0.15, 0.2) is 9.84 Å². The average molecular weight is 340 g/mol. The molecule has 0 saturated heterocycles. The summed E-state index contributed by atoms with van der Waals surface area (Å²) in [6.07, 6.45) is 0.796. The lowest BCUT2D eigenvalue weighted by atomic mass is 9.70. The number of hydrogen-bond donors (Lipinski definition) is 0. The Balaban J connectivity index is 2.23. The lowest BCUT2D eigenvalue weighted by Crippen LogP contribution is -2.50. The van der Waals surface area contributed by atoms with Crippen LogP contribution >= 0.6 is 0 Å². The van der Waals surface area contributed by atoms with E-state index in [4.69, 9.17) is 0 Å². The van der Waals surface area contributed by atoms with Crippen LogP contribution in [0.3, 0.4) is 0 Å². The van der Waals surface area contributed by atoms with Crippen molar-refractivity contribution in [3.8, 4) is 0 Å². The second-order valence-electron chi connectivity index (χ2n) is 5.91. The standard InChI is InChI=1S/C17H15F3O2S/c1-11-8-9-17(11,15-10-13(19)4-7-16(15)20)23(21,22)14-5-2-12(18)3-6-14/h2-7,10-11H,8-9H2,1H3. The summed E-state index contributed by atoms with van der Waals surface area (Å²) in [4.78, 5) is -0.0888. The summed E-state index contributed by atoms with van der Waals surface area (Å²) in [7, 11) is -4.00. The van der Waals surface area contributed by atoms with Crippen LogP contribution in [-0.2, 0) is 14.6 Å². The molecule has 3 rings (SSSR count). The SMILES string of the molecule is CC1CCC1(c1cc(F)ccc1F)S(=O)(=O)c1ccc(F)cc1. The fraction of sp³-hybridized carbons (Fsp3) is 0.294. The topological polar surface area (TPSA) is 34.1 Å². The summed E-state index contributed by atoms with van der Waals surface area (Å²) in [6.45, 7) is 1.70. The Labute approximate surface area is 132 Å². The highest BCUT2D eigenvalue weighted by molar-refractivity contribution is 7.92. The van der Waals surface area contributed by atoms with Crippen LogP contribution in [0.1, 0.15) is 25.3 Å². The minimum absolute atomic E-state index is 0.0888. The molecule has 1 aliphatic rings. The van der Waals surface area contributed by atoms with Crippen LogP contribution in [0.15, 0.2) is 47.4 Å². The van der Waals surface area contributed by atoms with E-state index in [-0.39, 0.29) is 22.8 Å². The van der Waals surface area contributed by atoms with E-state index in [0.717, 1.165) is 42.5 Å². The molecule has 0 aromatic heterocycles. The lowest BCUT2D eigenvalue weighted by Gasteiger charge is -2.47. The van der Waals surface area contributed by atoms with Gasteiger partial charge in [0.05, 0.1) is 4.90 Å². The van der Waals surface area contributed by atoms with Gasteiger partial charge in [-0.1, -0.05) is 6.92 Å². The third-order valence-corrected chi connectivity index (χ3v) is 7.41. The summed E-state index contributed by atoms with van der Waals surface area (Å²) in [5.41, 5.74) is -0.152. The first-order chi connectivity index (χ1) is 10.8. The van der Waals surface area contributed by atoms with Crippen LogP contribution in [0.2, 0.25) is 0 Å². The van der Waals surface area contributed by atoms with E-state index >= 15 is 0 Å². The zero-order valence-electron chi connectivity index (χ0n) is 12.4. The molecule has 2 atom stereocenters. The van der Waals surface area contributed by atoms with Gasteiger partial charge < -0.3 is 0 Å². The maximum atomic E-state index is 14.3. The summed E-state index contributed by atoms with van der Waals surface area (Å²) in [5.74, 6) is -2.36. The molecular weight excluding hydrogens is 325 g/mol. The molecule has 2 nitrogen and oxygen atoms in total. The first kappa shape index (κ1) is 16.1. The van der Waals surface area contributed by atoms with Crippen molar-refractivity contribution in [2.75, 3.05) is 0 Å². The van der Waals surface area contributed by atoms with Gasteiger partial charge in [-0.25, -0.2) is 21.6 Å². The maximum Gasteiger partial charge on any atom is 0.188 e. The minimum atomic E-state index is -4.00. The molecule has 122 valence electrons. The third kappa shape index (κ3) is 2.27. The molecule has 0 heterocycles. The van der Waals surface area contributed by atoms with Gasteiger partial charge in [0, 0.05) is 5.56 Å². The molecule has 1 fully saturated rings. The van der Waals surface area contributed by atoms with Gasteiger partial charge in [-0.05, 0) is 61.2 Å². The highest BCUT2D eigenvalue weighted by Crippen LogP contribution is 2.55. The Morgan fingerprint density at radius 1 is 1.00 bits per heavy atom. The Hall–Kier alpha value is -1.82. The lowest BCUT2D eigenvalue weighted by molar-refractivity contribution is 0.218. The molecule has 2 aromatic carbocycles. The summed E-state index contributed by atoms with van der Waals surface area (Å²) in [6, 6.07) is 7.27. The second-order valence-corrected chi connectivity index (χ2v) is 8.12. The van der Waals surface area contributed by atoms with Gasteiger partial charge in [0.25, 0.3) is 0 Å². The zero-order chi connectivity index (χ0) is 16.8. The van der Waals surface area contributed by atoms with E-state index in [9.17, 15) is 21.6 Å². The van der Waals surface area contributed by atoms with Crippen molar-refractivity contribution in [3.05, 3.63) is 65.5 Å². The van der Waals surface area contributed by atoms with Crippen molar-refractivity contribution in [1.29, 1.82) is 0 Å². The molecule has 0 spiro atoms. The van der Waals surface area contributed by atoms with Gasteiger partial charge in [-0.3, -0.25) is 0 Å². The Morgan fingerprint density at radius 2 is 1.61 bits per heavy atom. The van der Waals surface area contributed by atoms with Crippen LogP contribution in [0.25, 0.3) is 0 Å².